The molecule has 0 N–H and O–H groups in total. The first-order chi connectivity index (χ1) is 13.4. The summed E-state index contributed by atoms with van der Waals surface area (Å²) in [5.41, 5.74) is 5.08. The number of hydrogen-bond donors (Lipinski definition) is 0. The van der Waals surface area contributed by atoms with E-state index in [1.54, 1.807) is 16.4 Å². The van der Waals surface area contributed by atoms with Crippen LogP contribution in [0.25, 0.3) is 0 Å². The van der Waals surface area contributed by atoms with Crippen LogP contribution in [0.1, 0.15) is 31.7 Å². The molecule has 4 aliphatic rings. The first-order valence-electron chi connectivity index (χ1n) is 10.0. The molecule has 3 fully saturated rings. The topological polar surface area (TPSA) is 63.7 Å². The van der Waals surface area contributed by atoms with Crippen LogP contribution in [0.2, 0.25) is 0 Å². The van der Waals surface area contributed by atoms with Crippen LogP contribution >= 0.6 is 0 Å². The van der Waals surface area contributed by atoms with Crippen molar-refractivity contribution >= 4 is 15.8 Å². The molecule has 148 valence electrons. The quantitative estimate of drug-likeness (QED) is 0.767. The van der Waals surface area contributed by atoms with Crippen molar-refractivity contribution in [2.45, 2.75) is 44.0 Å². The SMILES string of the molecule is CC1=C2COCC2=C2CN(S(=O)(=O)c3ccc(C)cc3)[C@H]3CCC[C@@H](C1=O)[C@@H]23. The van der Waals surface area contributed by atoms with Gasteiger partial charge in [0.2, 0.25) is 10.0 Å². The van der Waals surface area contributed by atoms with Crippen LogP contribution in [0, 0.1) is 18.8 Å². The highest BCUT2D eigenvalue weighted by Gasteiger charge is 2.53. The maximum absolute atomic E-state index is 13.5. The van der Waals surface area contributed by atoms with E-state index in [-0.39, 0.29) is 23.7 Å². The van der Waals surface area contributed by atoms with Crippen molar-refractivity contribution in [3.8, 4) is 0 Å². The molecule has 1 aromatic rings. The molecule has 1 aromatic carbocycles. The number of carbonyl (C=O) groups is 1. The number of ether oxygens (including phenoxy) is 1. The fraction of sp³-hybridized carbons (Fsp3) is 0.500. The molecule has 0 amide bonds. The lowest BCUT2D eigenvalue weighted by molar-refractivity contribution is -0.121. The van der Waals surface area contributed by atoms with Gasteiger partial charge in [-0.25, -0.2) is 8.42 Å². The Kier molecular flexibility index (Phi) is 4.16. The smallest absolute Gasteiger partial charge is 0.243 e. The largest absolute Gasteiger partial charge is 0.372 e. The number of rotatable bonds is 2. The van der Waals surface area contributed by atoms with Crippen molar-refractivity contribution in [2.75, 3.05) is 19.8 Å². The van der Waals surface area contributed by atoms with E-state index in [1.165, 1.54) is 0 Å². The second kappa shape index (κ2) is 6.37. The molecule has 2 aliphatic carbocycles. The number of hydrogen-bond acceptors (Lipinski definition) is 4. The number of benzene rings is 1. The fourth-order valence-corrected chi connectivity index (χ4v) is 7.19. The van der Waals surface area contributed by atoms with Gasteiger partial charge in [0, 0.05) is 24.4 Å². The minimum absolute atomic E-state index is 0.00868. The van der Waals surface area contributed by atoms with E-state index in [0.29, 0.717) is 24.7 Å². The molecule has 28 heavy (non-hydrogen) atoms. The molecule has 0 unspecified atom stereocenters. The molecule has 2 aliphatic heterocycles. The van der Waals surface area contributed by atoms with E-state index in [4.69, 9.17) is 4.74 Å². The van der Waals surface area contributed by atoms with E-state index in [2.05, 4.69) is 0 Å². The molecule has 5 rings (SSSR count). The van der Waals surface area contributed by atoms with Crippen LogP contribution in [0.3, 0.4) is 0 Å². The Morgan fingerprint density at radius 3 is 2.50 bits per heavy atom. The summed E-state index contributed by atoms with van der Waals surface area (Å²) in [7, 11) is -3.61. The highest BCUT2D eigenvalue weighted by Crippen LogP contribution is 2.50. The minimum atomic E-state index is -3.61. The van der Waals surface area contributed by atoms with Crippen molar-refractivity contribution in [1.29, 1.82) is 0 Å². The highest BCUT2D eigenvalue weighted by molar-refractivity contribution is 7.89. The maximum atomic E-state index is 13.5. The van der Waals surface area contributed by atoms with Crippen LogP contribution in [0.5, 0.6) is 0 Å². The zero-order chi connectivity index (χ0) is 19.6. The summed E-state index contributed by atoms with van der Waals surface area (Å²) in [4.78, 5) is 13.5. The van der Waals surface area contributed by atoms with Gasteiger partial charge in [-0.2, -0.15) is 4.31 Å². The van der Waals surface area contributed by atoms with Crippen LogP contribution in [0.15, 0.2) is 51.5 Å². The average Bonchev–Trinajstić information content (AvgIpc) is 3.30. The Morgan fingerprint density at radius 2 is 1.75 bits per heavy atom. The zero-order valence-corrected chi connectivity index (χ0v) is 17.1. The van der Waals surface area contributed by atoms with Crippen LogP contribution < -0.4 is 0 Å². The van der Waals surface area contributed by atoms with Crippen LogP contribution in [-0.4, -0.2) is 44.3 Å². The number of allylic oxidation sites excluding steroid dienone is 1. The van der Waals surface area contributed by atoms with Gasteiger partial charge in [-0.05, 0) is 61.1 Å². The Bertz CT molecular complexity index is 1020. The van der Waals surface area contributed by atoms with Gasteiger partial charge < -0.3 is 4.74 Å². The summed E-state index contributed by atoms with van der Waals surface area (Å²) < 4.78 is 34.3. The van der Waals surface area contributed by atoms with Gasteiger partial charge >= 0.3 is 0 Å². The second-order valence-corrected chi connectivity index (χ2v) is 10.3. The monoisotopic (exact) mass is 399 g/mol. The summed E-state index contributed by atoms with van der Waals surface area (Å²) in [6.07, 6.45) is 2.55. The first-order valence-corrected chi connectivity index (χ1v) is 11.5. The predicted octanol–water partition coefficient (Wildman–Crippen LogP) is 3.01. The van der Waals surface area contributed by atoms with Gasteiger partial charge in [-0.3, -0.25) is 4.79 Å². The van der Waals surface area contributed by atoms with Gasteiger partial charge in [0.05, 0.1) is 18.1 Å². The summed E-state index contributed by atoms with van der Waals surface area (Å²) in [5.74, 6) is 0.0838. The lowest BCUT2D eigenvalue weighted by atomic mass is 9.72. The number of aryl methyl sites for hydroxylation is 1. The third-order valence-electron chi connectivity index (χ3n) is 6.99. The van der Waals surface area contributed by atoms with E-state index in [1.807, 2.05) is 26.0 Å². The normalized spacial score (nSPS) is 30.5. The Morgan fingerprint density at radius 1 is 1.04 bits per heavy atom. The third kappa shape index (κ3) is 2.51. The number of Topliss-reactive ketones (excluding diaryl/α,β-unsaturated/α-hetero) is 1. The summed E-state index contributed by atoms with van der Waals surface area (Å²) in [6, 6.07) is 6.92. The Balaban J connectivity index is 1.64. The molecular weight excluding hydrogens is 374 g/mol. The Hall–Kier alpha value is -1.76. The minimum Gasteiger partial charge on any atom is -0.372 e. The molecule has 5 nitrogen and oxygen atoms in total. The van der Waals surface area contributed by atoms with Gasteiger partial charge in [0.1, 0.15) is 0 Å². The second-order valence-electron chi connectivity index (χ2n) is 8.46. The van der Waals surface area contributed by atoms with Gasteiger partial charge in [0.15, 0.2) is 5.78 Å². The lowest BCUT2D eigenvalue weighted by Crippen LogP contribution is -2.43. The molecule has 1 saturated carbocycles. The third-order valence-corrected chi connectivity index (χ3v) is 8.88. The number of nitrogens with zero attached hydrogens (tertiary/aromatic N) is 1. The fourth-order valence-electron chi connectivity index (χ4n) is 5.54. The van der Waals surface area contributed by atoms with Crippen molar-refractivity contribution in [1.82, 2.24) is 4.31 Å². The number of carbonyl (C=O) groups excluding carboxylic acids is 1. The zero-order valence-electron chi connectivity index (χ0n) is 16.3. The molecule has 0 radical (unpaired) electrons. The summed E-state index contributed by atoms with van der Waals surface area (Å²) in [5, 5.41) is 0. The molecule has 3 atom stereocenters. The maximum Gasteiger partial charge on any atom is 0.243 e. The number of ketones is 1. The molecule has 2 heterocycles. The van der Waals surface area contributed by atoms with Gasteiger partial charge in [0.25, 0.3) is 0 Å². The van der Waals surface area contributed by atoms with Crippen molar-refractivity contribution in [3.63, 3.8) is 0 Å². The van der Waals surface area contributed by atoms with E-state index in [9.17, 15) is 13.2 Å². The Labute approximate surface area is 166 Å². The van der Waals surface area contributed by atoms with E-state index >= 15 is 0 Å². The molecule has 0 spiro atoms. The number of sulfonamides is 1. The van der Waals surface area contributed by atoms with E-state index < -0.39 is 10.0 Å². The van der Waals surface area contributed by atoms with Crippen LogP contribution in [0.4, 0.5) is 0 Å². The van der Waals surface area contributed by atoms with Crippen molar-refractivity contribution in [2.24, 2.45) is 11.8 Å². The predicted molar refractivity (Wildman–Crippen MR) is 105 cm³/mol. The van der Waals surface area contributed by atoms with E-state index in [0.717, 1.165) is 47.1 Å². The van der Waals surface area contributed by atoms with Crippen molar-refractivity contribution < 1.29 is 17.9 Å². The molecule has 6 heteroatoms. The standard InChI is InChI=1S/C22H25NO4S/c1-13-6-8-15(9-7-13)28(25,26)23-10-17-19-12-27-11-18(19)14(2)22(24)16-4-3-5-20(23)21(16)17/h6-9,16,20-21H,3-5,10-12H2,1-2H3/t16-,20+,21+/m1/s1. The summed E-state index contributed by atoms with van der Waals surface area (Å²) in [6.45, 7) is 5.20. The van der Waals surface area contributed by atoms with Crippen molar-refractivity contribution in [3.05, 3.63) is 52.1 Å². The molecule has 2 saturated heterocycles. The number of fused-ring (bicyclic) bond motifs is 1. The lowest BCUT2D eigenvalue weighted by Gasteiger charge is -2.35. The van der Waals surface area contributed by atoms with Gasteiger partial charge in [-0.1, -0.05) is 24.1 Å². The molecule has 0 bridgehead atoms. The van der Waals surface area contributed by atoms with Crippen LogP contribution in [-0.2, 0) is 19.6 Å². The highest BCUT2D eigenvalue weighted by atomic mass is 32.2. The first kappa shape index (κ1) is 18.3. The average molecular weight is 400 g/mol. The molecular formula is C22H25NO4S. The molecule has 0 aromatic heterocycles. The summed E-state index contributed by atoms with van der Waals surface area (Å²) >= 11 is 0. The van der Waals surface area contributed by atoms with Gasteiger partial charge in [-0.15, -0.1) is 0 Å².